The van der Waals surface area contributed by atoms with Gasteiger partial charge < -0.3 is 10.2 Å². The van der Waals surface area contributed by atoms with Crippen LogP contribution in [0.25, 0.3) is 11.1 Å². The number of pyridine rings is 1. The van der Waals surface area contributed by atoms with Crippen LogP contribution in [0.5, 0.6) is 0 Å². The lowest BCUT2D eigenvalue weighted by Gasteiger charge is -2.19. The largest absolute Gasteiger partial charge is 0.343 e. The maximum absolute atomic E-state index is 11.2. The molecular formula is C20H19N3O. The van der Waals surface area contributed by atoms with Crippen molar-refractivity contribution in [2.75, 3.05) is 17.3 Å². The average Bonchev–Trinajstić information content (AvgIpc) is 2.62. The molecule has 0 fully saturated rings. The van der Waals surface area contributed by atoms with Crippen molar-refractivity contribution in [2.24, 2.45) is 0 Å². The molecule has 3 aromatic rings. The van der Waals surface area contributed by atoms with Crippen LogP contribution in [0.2, 0.25) is 0 Å². The molecular weight excluding hydrogens is 298 g/mol. The summed E-state index contributed by atoms with van der Waals surface area (Å²) >= 11 is 0. The molecule has 1 amide bonds. The van der Waals surface area contributed by atoms with Crippen molar-refractivity contribution in [1.82, 2.24) is 4.98 Å². The molecule has 0 aliphatic carbocycles. The second-order valence-corrected chi connectivity index (χ2v) is 5.59. The van der Waals surface area contributed by atoms with E-state index in [1.54, 1.807) is 0 Å². The Hall–Kier alpha value is -3.14. The van der Waals surface area contributed by atoms with E-state index >= 15 is 0 Å². The van der Waals surface area contributed by atoms with Crippen molar-refractivity contribution in [2.45, 2.75) is 6.92 Å². The van der Waals surface area contributed by atoms with Gasteiger partial charge in [-0.1, -0.05) is 30.3 Å². The van der Waals surface area contributed by atoms with Gasteiger partial charge >= 0.3 is 0 Å². The second kappa shape index (κ2) is 6.96. The zero-order valence-corrected chi connectivity index (χ0v) is 13.7. The van der Waals surface area contributed by atoms with Gasteiger partial charge in [-0.3, -0.25) is 9.78 Å². The molecule has 0 saturated heterocycles. The third-order valence-corrected chi connectivity index (χ3v) is 3.77. The standard InChI is InChI=1S/C20H19N3O/c1-15(24)22-18-8-6-7-16(11-18)17-12-20(14-21-13-17)23(2)19-9-4-3-5-10-19/h3-14H,1-2H3,(H,22,24). The van der Waals surface area contributed by atoms with Gasteiger partial charge in [0.25, 0.3) is 0 Å². The van der Waals surface area contributed by atoms with Gasteiger partial charge in [0.05, 0.1) is 11.9 Å². The number of hydrogen-bond donors (Lipinski definition) is 1. The summed E-state index contributed by atoms with van der Waals surface area (Å²) in [6, 6.07) is 20.0. The van der Waals surface area contributed by atoms with E-state index < -0.39 is 0 Å². The third-order valence-electron chi connectivity index (χ3n) is 3.77. The van der Waals surface area contributed by atoms with Crippen molar-refractivity contribution in [3.05, 3.63) is 73.1 Å². The summed E-state index contributed by atoms with van der Waals surface area (Å²) in [7, 11) is 2.02. The fourth-order valence-electron chi connectivity index (χ4n) is 2.55. The molecule has 0 radical (unpaired) electrons. The van der Waals surface area contributed by atoms with Crippen LogP contribution in [0.15, 0.2) is 73.1 Å². The minimum Gasteiger partial charge on any atom is -0.343 e. The molecule has 0 unspecified atom stereocenters. The lowest BCUT2D eigenvalue weighted by atomic mass is 10.1. The number of aromatic nitrogens is 1. The highest BCUT2D eigenvalue weighted by molar-refractivity contribution is 5.89. The van der Waals surface area contributed by atoms with Gasteiger partial charge in [-0.25, -0.2) is 0 Å². The summed E-state index contributed by atoms with van der Waals surface area (Å²) in [6.45, 7) is 1.50. The Bertz CT molecular complexity index is 846. The quantitative estimate of drug-likeness (QED) is 0.772. The Labute approximate surface area is 141 Å². The lowest BCUT2D eigenvalue weighted by molar-refractivity contribution is -0.114. The lowest BCUT2D eigenvalue weighted by Crippen LogP contribution is -2.09. The number of hydrogen-bond acceptors (Lipinski definition) is 3. The molecule has 4 heteroatoms. The number of nitrogens with one attached hydrogen (secondary N) is 1. The Balaban J connectivity index is 1.92. The minimum absolute atomic E-state index is 0.0807. The first-order valence-electron chi connectivity index (χ1n) is 7.75. The van der Waals surface area contributed by atoms with Gasteiger partial charge in [0.1, 0.15) is 0 Å². The summed E-state index contributed by atoms with van der Waals surface area (Å²) < 4.78 is 0. The summed E-state index contributed by atoms with van der Waals surface area (Å²) in [5.41, 5.74) is 4.90. The van der Waals surface area contributed by atoms with Crippen LogP contribution in [0.3, 0.4) is 0 Å². The number of carbonyl (C=O) groups is 1. The maximum Gasteiger partial charge on any atom is 0.221 e. The summed E-state index contributed by atoms with van der Waals surface area (Å²) in [4.78, 5) is 17.7. The topological polar surface area (TPSA) is 45.2 Å². The van der Waals surface area contributed by atoms with Gasteiger partial charge in [-0.15, -0.1) is 0 Å². The Morgan fingerprint density at radius 1 is 0.917 bits per heavy atom. The number of anilines is 3. The van der Waals surface area contributed by atoms with E-state index in [2.05, 4.69) is 33.4 Å². The van der Waals surface area contributed by atoms with Crippen molar-refractivity contribution < 1.29 is 4.79 Å². The van der Waals surface area contributed by atoms with Crippen LogP contribution < -0.4 is 10.2 Å². The van der Waals surface area contributed by atoms with Gasteiger partial charge in [0.2, 0.25) is 5.91 Å². The molecule has 120 valence electrons. The first-order valence-corrected chi connectivity index (χ1v) is 7.75. The predicted molar refractivity (Wildman–Crippen MR) is 98.5 cm³/mol. The fraction of sp³-hybridized carbons (Fsp3) is 0.100. The van der Waals surface area contributed by atoms with Crippen molar-refractivity contribution in [1.29, 1.82) is 0 Å². The van der Waals surface area contributed by atoms with Crippen LogP contribution in [0, 0.1) is 0 Å². The SMILES string of the molecule is CC(=O)Nc1cccc(-c2cncc(N(C)c3ccccc3)c2)c1. The van der Waals surface area contributed by atoms with Crippen LogP contribution >= 0.6 is 0 Å². The fourth-order valence-corrected chi connectivity index (χ4v) is 2.55. The van der Waals surface area contributed by atoms with Crippen molar-refractivity contribution in [3.63, 3.8) is 0 Å². The van der Waals surface area contributed by atoms with E-state index in [-0.39, 0.29) is 5.91 Å². The smallest absolute Gasteiger partial charge is 0.221 e. The number of nitrogens with zero attached hydrogens (tertiary/aromatic N) is 2. The molecule has 4 nitrogen and oxygen atoms in total. The number of carbonyl (C=O) groups excluding carboxylic acids is 1. The van der Waals surface area contributed by atoms with Crippen LogP contribution in [0.4, 0.5) is 17.1 Å². The molecule has 0 spiro atoms. The van der Waals surface area contributed by atoms with Crippen molar-refractivity contribution >= 4 is 23.0 Å². The molecule has 2 aromatic carbocycles. The molecule has 0 saturated carbocycles. The van der Waals surface area contributed by atoms with Crippen LogP contribution in [-0.2, 0) is 4.79 Å². The molecule has 1 aromatic heterocycles. The molecule has 1 N–H and O–H groups in total. The van der Waals surface area contributed by atoms with E-state index in [0.29, 0.717) is 0 Å². The average molecular weight is 317 g/mol. The minimum atomic E-state index is -0.0807. The third kappa shape index (κ3) is 3.60. The number of rotatable bonds is 4. The molecule has 24 heavy (non-hydrogen) atoms. The molecule has 0 aliphatic heterocycles. The van der Waals surface area contributed by atoms with Gasteiger partial charge in [-0.05, 0) is 35.9 Å². The van der Waals surface area contributed by atoms with Gasteiger partial charge in [0, 0.05) is 37.1 Å². The second-order valence-electron chi connectivity index (χ2n) is 5.59. The normalized spacial score (nSPS) is 10.2. The van der Waals surface area contributed by atoms with E-state index in [1.807, 2.05) is 61.9 Å². The molecule has 0 bridgehead atoms. The van der Waals surface area contributed by atoms with Crippen LogP contribution in [-0.4, -0.2) is 17.9 Å². The van der Waals surface area contributed by atoms with Crippen LogP contribution in [0.1, 0.15) is 6.92 Å². The summed E-state index contributed by atoms with van der Waals surface area (Å²) in [5, 5.41) is 2.81. The molecule has 3 rings (SSSR count). The highest BCUT2D eigenvalue weighted by atomic mass is 16.1. The van der Waals surface area contributed by atoms with E-state index in [9.17, 15) is 4.79 Å². The molecule has 1 heterocycles. The first-order chi connectivity index (χ1) is 11.6. The zero-order valence-electron chi connectivity index (χ0n) is 13.7. The summed E-state index contributed by atoms with van der Waals surface area (Å²) in [6.07, 6.45) is 3.67. The van der Waals surface area contributed by atoms with E-state index in [0.717, 1.165) is 28.2 Å². The van der Waals surface area contributed by atoms with Gasteiger partial charge in [0.15, 0.2) is 0 Å². The zero-order chi connectivity index (χ0) is 16.9. The molecule has 0 aliphatic rings. The highest BCUT2D eigenvalue weighted by Gasteiger charge is 2.07. The highest BCUT2D eigenvalue weighted by Crippen LogP contribution is 2.28. The predicted octanol–water partition coefficient (Wildman–Crippen LogP) is 4.47. The van der Waals surface area contributed by atoms with E-state index in [1.165, 1.54) is 6.92 Å². The number of benzene rings is 2. The number of amides is 1. The van der Waals surface area contributed by atoms with Crippen molar-refractivity contribution in [3.8, 4) is 11.1 Å². The maximum atomic E-state index is 11.2. The Kier molecular flexibility index (Phi) is 4.57. The number of para-hydroxylation sites is 1. The Morgan fingerprint density at radius 2 is 1.71 bits per heavy atom. The monoisotopic (exact) mass is 317 g/mol. The van der Waals surface area contributed by atoms with E-state index in [4.69, 9.17) is 0 Å². The molecule has 0 atom stereocenters. The van der Waals surface area contributed by atoms with Gasteiger partial charge in [-0.2, -0.15) is 0 Å². The Morgan fingerprint density at radius 3 is 2.46 bits per heavy atom. The first kappa shape index (κ1) is 15.7. The summed E-state index contributed by atoms with van der Waals surface area (Å²) in [5.74, 6) is -0.0807.